The maximum atomic E-state index is 12.8. The summed E-state index contributed by atoms with van der Waals surface area (Å²) in [6, 6.07) is 54.1. The Hall–Kier alpha value is -6.35. The maximum Gasteiger partial charge on any atom is 0.148 e. The van der Waals surface area contributed by atoms with Crippen LogP contribution in [0.3, 0.4) is 0 Å². The second-order valence-corrected chi connectivity index (χ2v) is 23.2. The first-order chi connectivity index (χ1) is 34.2. The van der Waals surface area contributed by atoms with Gasteiger partial charge in [0.15, 0.2) is 0 Å². The molecule has 5 heteroatoms. The van der Waals surface area contributed by atoms with Crippen LogP contribution in [0.5, 0.6) is 5.75 Å². The van der Waals surface area contributed by atoms with Crippen molar-refractivity contribution in [2.75, 3.05) is 0 Å². The molecule has 0 aliphatic heterocycles. The average molecular weight is 1120 g/mol. The molecular formula is C66H68N3OPt-. The van der Waals surface area contributed by atoms with Gasteiger partial charge in [0, 0.05) is 48.2 Å². The van der Waals surface area contributed by atoms with E-state index < -0.39 is 17.7 Å². The fourth-order valence-electron chi connectivity index (χ4n) is 9.48. The van der Waals surface area contributed by atoms with Crippen molar-refractivity contribution >= 4 is 11.0 Å². The fourth-order valence-corrected chi connectivity index (χ4v) is 9.48. The number of phenols is 1. The van der Waals surface area contributed by atoms with Gasteiger partial charge in [-0.1, -0.05) is 208 Å². The van der Waals surface area contributed by atoms with Crippen LogP contribution in [0.25, 0.3) is 83.9 Å². The third-order valence-electron chi connectivity index (χ3n) is 13.6. The number of phenolic OH excluding ortho intramolecular Hbond substituents is 1. The van der Waals surface area contributed by atoms with E-state index in [4.69, 9.17) is 14.1 Å². The molecule has 9 aromatic rings. The SMILES string of the molecule is [2H]C([2H])([2H])c1cc(-n2c(-c3cc(C(C)(C)C)cc(C(C)(C)C)c3O)nc3c(-c4[c-]c(-c5cc(-c6ccc(C)cc6)ccn5)cc(-c5ccccc5)c4)cccc32)c(-c2ccc(C(C)(C)C)cc2)cc1C(C)(C)C.[Pt]. The number of imidazole rings is 1. The van der Waals surface area contributed by atoms with E-state index in [1.165, 1.54) is 11.1 Å². The van der Waals surface area contributed by atoms with Crippen LogP contribution < -0.4 is 0 Å². The Morgan fingerprint density at radius 3 is 1.79 bits per heavy atom. The molecule has 1 N–H and O–H groups in total. The Kier molecular flexibility index (Phi) is 12.6. The molecule has 0 saturated heterocycles. The van der Waals surface area contributed by atoms with Gasteiger partial charge in [0.05, 0.1) is 22.3 Å². The van der Waals surface area contributed by atoms with E-state index in [2.05, 4.69) is 210 Å². The number of benzene rings is 7. The van der Waals surface area contributed by atoms with E-state index >= 15 is 0 Å². The number of aryl methyl sites for hydroxylation is 2. The van der Waals surface area contributed by atoms with Gasteiger partial charge < -0.3 is 5.11 Å². The third-order valence-corrected chi connectivity index (χ3v) is 13.6. The summed E-state index contributed by atoms with van der Waals surface area (Å²) < 4.78 is 29.3. The first-order valence-corrected chi connectivity index (χ1v) is 24.5. The van der Waals surface area contributed by atoms with Gasteiger partial charge in [-0.25, -0.2) is 4.98 Å². The van der Waals surface area contributed by atoms with Gasteiger partial charge >= 0.3 is 0 Å². The fraction of sp³-hybridized carbons (Fsp3) is 0.273. The monoisotopic (exact) mass is 1120 g/mol. The van der Waals surface area contributed by atoms with Crippen LogP contribution in [0.4, 0.5) is 0 Å². The molecule has 2 heterocycles. The normalized spacial score (nSPS) is 13.1. The Balaban J connectivity index is 0.00000729. The Labute approximate surface area is 441 Å². The number of fused-ring (bicyclic) bond motifs is 1. The van der Waals surface area contributed by atoms with Crippen molar-refractivity contribution in [3.05, 3.63) is 191 Å². The maximum absolute atomic E-state index is 12.8. The summed E-state index contributed by atoms with van der Waals surface area (Å²) >= 11 is 0. The number of rotatable bonds is 7. The molecule has 0 bridgehead atoms. The van der Waals surface area contributed by atoms with Crippen LogP contribution in [-0.2, 0) is 42.7 Å². The minimum Gasteiger partial charge on any atom is -0.507 e. The van der Waals surface area contributed by atoms with Gasteiger partial charge in [-0.15, -0.1) is 23.8 Å². The summed E-state index contributed by atoms with van der Waals surface area (Å²) in [6.45, 7) is 25.4. The Morgan fingerprint density at radius 2 is 1.15 bits per heavy atom. The predicted octanol–water partition coefficient (Wildman–Crippen LogP) is 17.7. The first-order valence-electron chi connectivity index (χ1n) is 26.0. The number of aromatic hydroxyl groups is 1. The number of hydrogen-bond donors (Lipinski definition) is 1. The number of para-hydroxylation sites is 1. The zero-order valence-electron chi connectivity index (χ0n) is 46.5. The van der Waals surface area contributed by atoms with E-state index in [1.54, 1.807) is 0 Å². The molecular weight excluding hydrogens is 1050 g/mol. The second-order valence-electron chi connectivity index (χ2n) is 23.2. The van der Waals surface area contributed by atoms with E-state index in [1.807, 2.05) is 42.6 Å². The van der Waals surface area contributed by atoms with Gasteiger partial charge in [0.1, 0.15) is 11.6 Å². The molecule has 71 heavy (non-hydrogen) atoms. The van der Waals surface area contributed by atoms with Gasteiger partial charge in [0.25, 0.3) is 0 Å². The van der Waals surface area contributed by atoms with Crippen molar-refractivity contribution in [1.82, 2.24) is 14.5 Å². The van der Waals surface area contributed by atoms with Gasteiger partial charge in [0.2, 0.25) is 0 Å². The molecule has 0 fully saturated rings. The van der Waals surface area contributed by atoms with Crippen molar-refractivity contribution in [3.63, 3.8) is 0 Å². The quantitative estimate of drug-likeness (QED) is 0.162. The second kappa shape index (κ2) is 19.0. The van der Waals surface area contributed by atoms with Gasteiger partial charge in [-0.3, -0.25) is 9.55 Å². The van der Waals surface area contributed by atoms with Crippen LogP contribution in [0.2, 0.25) is 0 Å². The molecule has 0 radical (unpaired) electrons. The van der Waals surface area contributed by atoms with Crippen molar-refractivity contribution in [2.45, 2.75) is 119 Å². The van der Waals surface area contributed by atoms with Crippen molar-refractivity contribution < 1.29 is 30.3 Å². The molecule has 0 spiro atoms. The third kappa shape index (κ3) is 10.2. The summed E-state index contributed by atoms with van der Waals surface area (Å²) in [5.74, 6) is 0.632. The predicted molar refractivity (Wildman–Crippen MR) is 296 cm³/mol. The van der Waals surface area contributed by atoms with E-state index in [0.717, 1.165) is 78.0 Å². The van der Waals surface area contributed by atoms with Crippen molar-refractivity contribution in [3.8, 4) is 78.6 Å². The summed E-state index contributed by atoms with van der Waals surface area (Å²) in [4.78, 5) is 10.6. The molecule has 9 rings (SSSR count). The van der Waals surface area contributed by atoms with Crippen LogP contribution in [0.1, 0.15) is 121 Å². The Bertz CT molecular complexity index is 3530. The average Bonchev–Trinajstić information content (AvgIpc) is 3.72. The van der Waals surface area contributed by atoms with Gasteiger partial charge in [-0.2, -0.15) is 0 Å². The molecule has 0 unspecified atom stereocenters. The van der Waals surface area contributed by atoms with Crippen LogP contribution in [-0.4, -0.2) is 19.6 Å². The summed E-state index contributed by atoms with van der Waals surface area (Å²) in [7, 11) is 0. The number of pyridine rings is 1. The molecule has 4 nitrogen and oxygen atoms in total. The molecule has 7 aromatic carbocycles. The summed E-state index contributed by atoms with van der Waals surface area (Å²) in [5.41, 5.74) is 15.8. The number of hydrogen-bond acceptors (Lipinski definition) is 3. The van der Waals surface area contributed by atoms with E-state index in [-0.39, 0.29) is 43.2 Å². The van der Waals surface area contributed by atoms with Crippen LogP contribution >= 0.6 is 0 Å². The molecule has 364 valence electrons. The topological polar surface area (TPSA) is 50.9 Å². The molecule has 0 saturated carbocycles. The number of aromatic nitrogens is 3. The molecule has 0 aliphatic rings. The zero-order chi connectivity index (χ0) is 52.6. The van der Waals surface area contributed by atoms with Gasteiger partial charge in [-0.05, 0) is 110 Å². The molecule has 2 aromatic heterocycles. The number of nitrogens with zero attached hydrogens (tertiary/aromatic N) is 3. The Morgan fingerprint density at radius 1 is 0.521 bits per heavy atom. The van der Waals surface area contributed by atoms with E-state index in [9.17, 15) is 5.11 Å². The van der Waals surface area contributed by atoms with Crippen LogP contribution in [0, 0.1) is 19.8 Å². The van der Waals surface area contributed by atoms with Crippen molar-refractivity contribution in [1.29, 1.82) is 0 Å². The largest absolute Gasteiger partial charge is 0.507 e. The molecule has 0 aliphatic carbocycles. The summed E-state index contributed by atoms with van der Waals surface area (Å²) in [5, 5.41) is 12.8. The molecule has 0 atom stereocenters. The first kappa shape index (κ1) is 47.0. The van der Waals surface area contributed by atoms with Crippen molar-refractivity contribution in [2.24, 2.45) is 0 Å². The van der Waals surface area contributed by atoms with E-state index in [0.29, 0.717) is 22.6 Å². The van der Waals surface area contributed by atoms with Crippen LogP contribution in [0.15, 0.2) is 152 Å². The standard InChI is InChI=1S/C66H68N3O.Pt/c1-41-23-25-44(26-24-41)46-31-32-67-57(37-46)49-35-47(43-19-16-15-17-20-43)34-48(36-49)52-21-18-22-58-60(52)68-62(54-38-51(64(6,7)8)39-56(61(54)70)66(12,13)14)69(58)59-33-42(2)55(65(9,10)11)40-53(59)45-27-29-50(30-28-45)63(3,4)5;/h15-35,37-40,70H,1-14H3;/q-1;/i2D3;. The zero-order valence-corrected chi connectivity index (χ0v) is 45.8. The molecule has 0 amide bonds. The minimum atomic E-state index is -2.45. The minimum absolute atomic E-state index is 0. The smallest absolute Gasteiger partial charge is 0.148 e. The summed E-state index contributed by atoms with van der Waals surface area (Å²) in [6.07, 6.45) is 1.86.